The zero-order chi connectivity index (χ0) is 7.97. The van der Waals surface area contributed by atoms with Gasteiger partial charge in [0.15, 0.2) is 0 Å². The summed E-state index contributed by atoms with van der Waals surface area (Å²) in [6.07, 6.45) is 3.93. The largest absolute Gasteiger partial charge is 0.277 e. The molecule has 1 aliphatic carbocycles. The van der Waals surface area contributed by atoms with Gasteiger partial charge in [-0.05, 0) is 5.56 Å². The molecule has 57 valence electrons. The van der Waals surface area contributed by atoms with Crippen LogP contribution in [0.3, 0.4) is 0 Å². The number of aromatic amines is 1. The molecule has 0 bridgehead atoms. The smallest absolute Gasteiger partial charge is 0.117 e. The van der Waals surface area contributed by atoms with Crippen molar-refractivity contribution in [1.82, 2.24) is 10.2 Å². The molecule has 0 saturated carbocycles. The lowest BCUT2D eigenvalue weighted by Gasteiger charge is -1.95. The zero-order valence-corrected chi connectivity index (χ0v) is 6.46. The molecule has 0 aliphatic heterocycles. The third-order valence-corrected chi connectivity index (χ3v) is 2.31. The van der Waals surface area contributed by atoms with Crippen LogP contribution in [0.1, 0.15) is 11.1 Å². The van der Waals surface area contributed by atoms with Crippen molar-refractivity contribution in [1.29, 1.82) is 0 Å². The summed E-state index contributed by atoms with van der Waals surface area (Å²) in [5, 5.41) is 6.86. The van der Waals surface area contributed by atoms with E-state index in [1.54, 1.807) is 0 Å². The number of hydrogen-bond donors (Lipinski definition) is 1. The van der Waals surface area contributed by atoms with Gasteiger partial charge in [0.2, 0.25) is 0 Å². The minimum Gasteiger partial charge on any atom is -0.277 e. The first kappa shape index (κ1) is 6.00. The summed E-state index contributed by atoms with van der Waals surface area (Å²) in [4.78, 5) is 0. The van der Waals surface area contributed by atoms with Crippen molar-refractivity contribution in [3.8, 4) is 11.3 Å². The van der Waals surface area contributed by atoms with Crippen LogP contribution in [-0.2, 0) is 6.42 Å². The number of fused-ring (bicyclic) bond motifs is 3. The van der Waals surface area contributed by atoms with Crippen LogP contribution in [0.2, 0.25) is 0 Å². The second-order valence-electron chi connectivity index (χ2n) is 3.02. The fraction of sp³-hybridized carbons (Fsp3) is 0.100. The molecule has 3 rings (SSSR count). The van der Waals surface area contributed by atoms with Crippen molar-refractivity contribution < 1.29 is 0 Å². The summed E-state index contributed by atoms with van der Waals surface area (Å²) in [6.45, 7) is 0. The maximum absolute atomic E-state index is 3.89. The second kappa shape index (κ2) is 1.97. The quantitative estimate of drug-likeness (QED) is 0.526. The molecule has 1 aliphatic rings. The van der Waals surface area contributed by atoms with Crippen molar-refractivity contribution in [3.05, 3.63) is 41.6 Å². The summed E-state index contributed by atoms with van der Waals surface area (Å²) in [7, 11) is 0. The van der Waals surface area contributed by atoms with E-state index in [4.69, 9.17) is 0 Å². The van der Waals surface area contributed by atoms with Crippen LogP contribution in [-0.4, -0.2) is 10.2 Å². The van der Waals surface area contributed by atoms with Crippen LogP contribution in [0, 0.1) is 6.20 Å². The Morgan fingerprint density at radius 3 is 3.25 bits per heavy atom. The lowest BCUT2D eigenvalue weighted by molar-refractivity contribution is 1.08. The molecule has 0 fully saturated rings. The lowest BCUT2D eigenvalue weighted by atomic mass is 10.1. The van der Waals surface area contributed by atoms with Crippen LogP contribution >= 0.6 is 0 Å². The molecule has 1 aromatic heterocycles. The average molecular weight is 155 g/mol. The van der Waals surface area contributed by atoms with E-state index in [9.17, 15) is 0 Å². The molecule has 1 aromatic carbocycles. The third kappa shape index (κ3) is 0.619. The molecule has 2 heteroatoms. The van der Waals surface area contributed by atoms with Gasteiger partial charge in [-0.25, -0.2) is 0 Å². The van der Waals surface area contributed by atoms with Gasteiger partial charge in [-0.3, -0.25) is 5.10 Å². The molecule has 12 heavy (non-hydrogen) atoms. The van der Waals surface area contributed by atoms with E-state index in [0.717, 1.165) is 12.1 Å². The highest BCUT2D eigenvalue weighted by molar-refractivity contribution is 5.72. The minimum atomic E-state index is 0.974. The third-order valence-electron chi connectivity index (χ3n) is 2.31. The molecule has 0 atom stereocenters. The first-order valence-electron chi connectivity index (χ1n) is 3.98. The maximum atomic E-state index is 3.89. The molecule has 1 radical (unpaired) electrons. The standard InChI is InChI=1S/C10H7N2/c1-2-4-9-7(3-1)5-8-6-11-12-10(8)9/h1-4H,5H2,(H,11,12). The first-order chi connectivity index (χ1) is 5.95. The van der Waals surface area contributed by atoms with Gasteiger partial charge in [-0.2, -0.15) is 5.10 Å². The number of rotatable bonds is 0. The Balaban J connectivity index is 2.34. The number of nitrogens with one attached hydrogen (secondary N) is 1. The van der Waals surface area contributed by atoms with Crippen LogP contribution in [0.5, 0.6) is 0 Å². The normalized spacial score (nSPS) is 12.7. The Morgan fingerprint density at radius 1 is 1.33 bits per heavy atom. The number of benzene rings is 1. The van der Waals surface area contributed by atoms with E-state index in [0.29, 0.717) is 0 Å². The van der Waals surface area contributed by atoms with Crippen molar-refractivity contribution in [2.24, 2.45) is 0 Å². The molecule has 2 aromatic rings. The van der Waals surface area contributed by atoms with Gasteiger partial charge in [0, 0.05) is 17.5 Å². The van der Waals surface area contributed by atoms with E-state index in [2.05, 4.69) is 40.7 Å². The molecule has 1 N–H and O–H groups in total. The van der Waals surface area contributed by atoms with Gasteiger partial charge in [0.05, 0.1) is 5.69 Å². The van der Waals surface area contributed by atoms with E-state index in [-0.39, 0.29) is 0 Å². The number of H-pyrrole nitrogens is 1. The number of hydrogen-bond acceptors (Lipinski definition) is 1. The Labute approximate surface area is 70.2 Å². The molecule has 0 saturated heterocycles. The van der Waals surface area contributed by atoms with Crippen LogP contribution < -0.4 is 0 Å². The van der Waals surface area contributed by atoms with Gasteiger partial charge >= 0.3 is 0 Å². The Kier molecular flexibility index (Phi) is 0.987. The Morgan fingerprint density at radius 2 is 2.25 bits per heavy atom. The summed E-state index contributed by atoms with van der Waals surface area (Å²) < 4.78 is 0. The van der Waals surface area contributed by atoms with Gasteiger partial charge < -0.3 is 0 Å². The predicted molar refractivity (Wildman–Crippen MR) is 45.7 cm³/mol. The minimum absolute atomic E-state index is 0.974. The van der Waals surface area contributed by atoms with Gasteiger partial charge in [-0.15, -0.1) is 0 Å². The molecule has 2 nitrogen and oxygen atoms in total. The second-order valence-corrected chi connectivity index (χ2v) is 3.02. The van der Waals surface area contributed by atoms with E-state index in [1.807, 2.05) is 0 Å². The van der Waals surface area contributed by atoms with E-state index in [1.165, 1.54) is 16.7 Å². The van der Waals surface area contributed by atoms with Crippen LogP contribution in [0.25, 0.3) is 11.3 Å². The number of nitrogens with zero attached hydrogens (tertiary/aromatic N) is 1. The van der Waals surface area contributed by atoms with Crippen LogP contribution in [0.15, 0.2) is 24.3 Å². The predicted octanol–water partition coefficient (Wildman–Crippen LogP) is 1.78. The topological polar surface area (TPSA) is 28.7 Å². The highest BCUT2D eigenvalue weighted by Gasteiger charge is 2.19. The molecule has 1 heterocycles. The highest BCUT2D eigenvalue weighted by atomic mass is 15.1. The highest BCUT2D eigenvalue weighted by Crippen LogP contribution is 2.33. The van der Waals surface area contributed by atoms with Gasteiger partial charge in [0.25, 0.3) is 0 Å². The van der Waals surface area contributed by atoms with Gasteiger partial charge in [-0.1, -0.05) is 24.3 Å². The zero-order valence-electron chi connectivity index (χ0n) is 6.46. The SMILES string of the molecule is [c]1n[nH]c2c1Cc1ccccc1-2. The maximum Gasteiger partial charge on any atom is 0.117 e. The van der Waals surface area contributed by atoms with Crippen LogP contribution in [0.4, 0.5) is 0 Å². The number of aromatic nitrogens is 2. The van der Waals surface area contributed by atoms with Crippen molar-refractivity contribution in [2.45, 2.75) is 6.42 Å². The monoisotopic (exact) mass is 155 g/mol. The first-order valence-corrected chi connectivity index (χ1v) is 3.98. The fourth-order valence-electron chi connectivity index (χ4n) is 1.73. The summed E-state index contributed by atoms with van der Waals surface area (Å²) >= 11 is 0. The van der Waals surface area contributed by atoms with Gasteiger partial charge in [0.1, 0.15) is 6.20 Å². The summed E-state index contributed by atoms with van der Waals surface area (Å²) in [5.74, 6) is 0. The molecule has 0 spiro atoms. The lowest BCUT2D eigenvalue weighted by Crippen LogP contribution is -1.79. The average Bonchev–Trinajstić information content (AvgIpc) is 2.62. The van der Waals surface area contributed by atoms with E-state index >= 15 is 0 Å². The molecule has 0 unspecified atom stereocenters. The summed E-state index contributed by atoms with van der Waals surface area (Å²) in [6, 6.07) is 8.39. The molecular formula is C10H7N2. The molecular weight excluding hydrogens is 148 g/mol. The van der Waals surface area contributed by atoms with Crippen molar-refractivity contribution in [2.75, 3.05) is 0 Å². The molecule has 0 amide bonds. The van der Waals surface area contributed by atoms with E-state index < -0.39 is 0 Å². The Bertz CT molecular complexity index is 429. The Hall–Kier alpha value is -1.57. The summed E-state index contributed by atoms with van der Waals surface area (Å²) in [5.41, 5.74) is 4.99. The van der Waals surface area contributed by atoms with Crippen molar-refractivity contribution in [3.63, 3.8) is 0 Å². The van der Waals surface area contributed by atoms with Crippen molar-refractivity contribution >= 4 is 0 Å². The fourth-order valence-corrected chi connectivity index (χ4v) is 1.73.